The van der Waals surface area contributed by atoms with Gasteiger partial charge < -0.3 is 16.4 Å². The van der Waals surface area contributed by atoms with E-state index < -0.39 is 0 Å². The lowest BCUT2D eigenvalue weighted by Gasteiger charge is -2.25. The third-order valence-corrected chi connectivity index (χ3v) is 3.83. The Balaban J connectivity index is 1.59. The van der Waals surface area contributed by atoms with Crippen LogP contribution in [0.1, 0.15) is 17.5 Å². The average Bonchev–Trinajstić information content (AvgIpc) is 2.47. The molecule has 0 bridgehead atoms. The van der Waals surface area contributed by atoms with Crippen molar-refractivity contribution in [2.24, 2.45) is 0 Å². The fourth-order valence-electron chi connectivity index (χ4n) is 2.79. The minimum absolute atomic E-state index is 0.176. The Morgan fingerprint density at radius 2 is 1.90 bits per heavy atom. The standard InChI is InChI=1S/C17H19N3O/c18-14-6-3-7-15(11-14)19-17(21)20-16-9-8-12-4-1-2-5-13(12)10-16/h1-7,11,16H,8-10,18H2,(H2,19,20,21). The molecule has 0 aromatic heterocycles. The summed E-state index contributed by atoms with van der Waals surface area (Å²) in [6.45, 7) is 0. The molecule has 0 radical (unpaired) electrons. The van der Waals surface area contributed by atoms with E-state index in [0.29, 0.717) is 11.4 Å². The zero-order valence-electron chi connectivity index (χ0n) is 11.8. The number of amides is 2. The summed E-state index contributed by atoms with van der Waals surface area (Å²) in [4.78, 5) is 12.0. The van der Waals surface area contributed by atoms with E-state index in [2.05, 4.69) is 28.8 Å². The Kier molecular flexibility index (Phi) is 3.77. The predicted octanol–water partition coefficient (Wildman–Crippen LogP) is 2.95. The Morgan fingerprint density at radius 1 is 1.10 bits per heavy atom. The highest BCUT2D eigenvalue weighted by Crippen LogP contribution is 2.21. The van der Waals surface area contributed by atoms with Crippen molar-refractivity contribution in [3.05, 3.63) is 59.7 Å². The van der Waals surface area contributed by atoms with E-state index in [1.165, 1.54) is 11.1 Å². The van der Waals surface area contributed by atoms with Crippen LogP contribution in [0.5, 0.6) is 0 Å². The molecule has 0 spiro atoms. The van der Waals surface area contributed by atoms with Crippen LogP contribution in [-0.4, -0.2) is 12.1 Å². The van der Waals surface area contributed by atoms with Gasteiger partial charge in [-0.15, -0.1) is 0 Å². The molecule has 1 aliphatic carbocycles. The molecule has 2 aromatic carbocycles. The summed E-state index contributed by atoms with van der Waals surface area (Å²) in [7, 11) is 0. The van der Waals surface area contributed by atoms with E-state index >= 15 is 0 Å². The molecule has 108 valence electrons. The van der Waals surface area contributed by atoms with E-state index in [4.69, 9.17) is 5.73 Å². The van der Waals surface area contributed by atoms with E-state index in [9.17, 15) is 4.79 Å². The number of carbonyl (C=O) groups excluding carboxylic acids is 1. The van der Waals surface area contributed by atoms with Crippen LogP contribution in [0.15, 0.2) is 48.5 Å². The van der Waals surface area contributed by atoms with Gasteiger partial charge in [0.15, 0.2) is 0 Å². The maximum Gasteiger partial charge on any atom is 0.319 e. The number of nitrogens with two attached hydrogens (primary N) is 1. The molecule has 4 heteroatoms. The van der Waals surface area contributed by atoms with Gasteiger partial charge >= 0.3 is 6.03 Å². The lowest BCUT2D eigenvalue weighted by Crippen LogP contribution is -2.41. The van der Waals surface area contributed by atoms with Crippen LogP contribution in [0.2, 0.25) is 0 Å². The van der Waals surface area contributed by atoms with Crippen LogP contribution in [0.3, 0.4) is 0 Å². The molecule has 1 unspecified atom stereocenters. The van der Waals surface area contributed by atoms with Crippen LogP contribution in [0, 0.1) is 0 Å². The van der Waals surface area contributed by atoms with Gasteiger partial charge in [-0.3, -0.25) is 0 Å². The van der Waals surface area contributed by atoms with Crippen LogP contribution < -0.4 is 16.4 Å². The topological polar surface area (TPSA) is 67.1 Å². The zero-order valence-corrected chi connectivity index (χ0v) is 11.8. The van der Waals surface area contributed by atoms with Crippen molar-refractivity contribution < 1.29 is 4.79 Å². The van der Waals surface area contributed by atoms with Crippen molar-refractivity contribution >= 4 is 17.4 Å². The maximum atomic E-state index is 12.0. The van der Waals surface area contributed by atoms with Crippen molar-refractivity contribution in [2.75, 3.05) is 11.1 Å². The van der Waals surface area contributed by atoms with Crippen LogP contribution in [-0.2, 0) is 12.8 Å². The normalized spacial score (nSPS) is 16.9. The molecule has 4 N–H and O–H groups in total. The molecule has 1 atom stereocenters. The first-order valence-corrected chi connectivity index (χ1v) is 7.20. The molecule has 0 fully saturated rings. The monoisotopic (exact) mass is 281 g/mol. The Morgan fingerprint density at radius 3 is 2.71 bits per heavy atom. The molecule has 2 amide bonds. The van der Waals surface area contributed by atoms with Gasteiger partial charge in [-0.2, -0.15) is 0 Å². The lowest BCUT2D eigenvalue weighted by atomic mass is 9.88. The quantitative estimate of drug-likeness (QED) is 0.741. The molecule has 2 aromatic rings. The summed E-state index contributed by atoms with van der Waals surface area (Å²) in [6.07, 6.45) is 2.88. The number of aryl methyl sites for hydroxylation is 1. The van der Waals surface area contributed by atoms with Gasteiger partial charge in [0.1, 0.15) is 0 Å². The van der Waals surface area contributed by atoms with Gasteiger partial charge in [0.2, 0.25) is 0 Å². The van der Waals surface area contributed by atoms with Gasteiger partial charge in [0.05, 0.1) is 0 Å². The molecular weight excluding hydrogens is 262 g/mol. The zero-order chi connectivity index (χ0) is 14.7. The largest absolute Gasteiger partial charge is 0.399 e. The maximum absolute atomic E-state index is 12.0. The van der Waals surface area contributed by atoms with Crippen LogP contribution in [0.25, 0.3) is 0 Å². The minimum atomic E-state index is -0.176. The molecule has 3 rings (SSSR count). The van der Waals surface area contributed by atoms with Crippen molar-refractivity contribution in [1.29, 1.82) is 0 Å². The smallest absolute Gasteiger partial charge is 0.319 e. The average molecular weight is 281 g/mol. The summed E-state index contributed by atoms with van der Waals surface area (Å²) in [6, 6.07) is 15.6. The summed E-state index contributed by atoms with van der Waals surface area (Å²) in [5.41, 5.74) is 9.78. The highest BCUT2D eigenvalue weighted by atomic mass is 16.2. The van der Waals surface area contributed by atoms with Gasteiger partial charge in [0.25, 0.3) is 0 Å². The lowest BCUT2D eigenvalue weighted by molar-refractivity contribution is 0.247. The Hall–Kier alpha value is -2.49. The van der Waals surface area contributed by atoms with Crippen molar-refractivity contribution in [2.45, 2.75) is 25.3 Å². The molecule has 0 saturated carbocycles. The van der Waals surface area contributed by atoms with E-state index in [-0.39, 0.29) is 12.1 Å². The first-order valence-electron chi connectivity index (χ1n) is 7.20. The number of nitrogens with one attached hydrogen (secondary N) is 2. The number of urea groups is 1. The number of fused-ring (bicyclic) bond motifs is 1. The van der Waals surface area contributed by atoms with Gasteiger partial charge in [0, 0.05) is 17.4 Å². The first kappa shape index (κ1) is 13.5. The summed E-state index contributed by atoms with van der Waals surface area (Å²) in [5, 5.41) is 5.86. The number of nitrogen functional groups attached to an aromatic ring is 1. The van der Waals surface area contributed by atoms with E-state index in [1.807, 2.05) is 18.2 Å². The van der Waals surface area contributed by atoms with E-state index in [1.54, 1.807) is 12.1 Å². The number of anilines is 2. The number of carbonyl (C=O) groups is 1. The predicted molar refractivity (Wildman–Crippen MR) is 85.3 cm³/mol. The SMILES string of the molecule is Nc1cccc(NC(=O)NC2CCc3ccccc3C2)c1. The molecule has 0 aliphatic heterocycles. The van der Waals surface area contributed by atoms with E-state index in [0.717, 1.165) is 19.3 Å². The minimum Gasteiger partial charge on any atom is -0.399 e. The number of rotatable bonds is 2. The number of benzene rings is 2. The molecule has 21 heavy (non-hydrogen) atoms. The second-order valence-electron chi connectivity index (χ2n) is 5.43. The molecule has 1 aliphatic rings. The second-order valence-corrected chi connectivity index (χ2v) is 5.43. The summed E-state index contributed by atoms with van der Waals surface area (Å²) < 4.78 is 0. The Labute approximate surface area is 124 Å². The molecule has 4 nitrogen and oxygen atoms in total. The van der Waals surface area contributed by atoms with Gasteiger partial charge in [-0.25, -0.2) is 4.79 Å². The van der Waals surface area contributed by atoms with Gasteiger partial charge in [-0.05, 0) is 48.6 Å². The number of hydrogen-bond donors (Lipinski definition) is 3. The first-order chi connectivity index (χ1) is 10.2. The highest BCUT2D eigenvalue weighted by Gasteiger charge is 2.19. The van der Waals surface area contributed by atoms with Crippen molar-refractivity contribution in [3.63, 3.8) is 0 Å². The van der Waals surface area contributed by atoms with Crippen LogP contribution >= 0.6 is 0 Å². The van der Waals surface area contributed by atoms with Gasteiger partial charge in [-0.1, -0.05) is 30.3 Å². The fraction of sp³-hybridized carbons (Fsp3) is 0.235. The van der Waals surface area contributed by atoms with Crippen LogP contribution in [0.4, 0.5) is 16.2 Å². The van der Waals surface area contributed by atoms with Crippen molar-refractivity contribution in [3.8, 4) is 0 Å². The second kappa shape index (κ2) is 5.87. The molecular formula is C17H19N3O. The molecule has 0 heterocycles. The number of hydrogen-bond acceptors (Lipinski definition) is 2. The Bertz CT molecular complexity index is 654. The molecule has 0 saturated heterocycles. The third-order valence-electron chi connectivity index (χ3n) is 3.83. The third kappa shape index (κ3) is 3.34. The van der Waals surface area contributed by atoms with Crippen molar-refractivity contribution in [1.82, 2.24) is 5.32 Å². The summed E-state index contributed by atoms with van der Waals surface area (Å²) in [5.74, 6) is 0. The summed E-state index contributed by atoms with van der Waals surface area (Å²) >= 11 is 0. The fourth-order valence-corrected chi connectivity index (χ4v) is 2.79. The highest BCUT2D eigenvalue weighted by molar-refractivity contribution is 5.89.